The van der Waals surface area contributed by atoms with Crippen molar-refractivity contribution in [2.45, 2.75) is 26.7 Å². The summed E-state index contributed by atoms with van der Waals surface area (Å²) in [5.41, 5.74) is 2.21. The first kappa shape index (κ1) is 7.79. The monoisotopic (exact) mass is 202 g/mol. The van der Waals surface area contributed by atoms with Gasteiger partial charge in [-0.05, 0) is 28.8 Å². The molecule has 0 saturated carbocycles. The molecular weight excluding hydrogens is 192 g/mol. The molecule has 0 radical (unpaired) electrons. The third-order valence-corrected chi connectivity index (χ3v) is 2.45. The average Bonchev–Trinajstić information content (AvgIpc) is 2.14. The molecule has 0 spiro atoms. The lowest BCUT2D eigenvalue weighted by Crippen LogP contribution is -1.87. The van der Waals surface area contributed by atoms with E-state index < -0.39 is 0 Å². The highest BCUT2D eigenvalue weighted by Crippen LogP contribution is 2.24. The Hall–Kier alpha value is -0.310. The van der Waals surface area contributed by atoms with Gasteiger partial charge in [0.05, 0.1) is 10.2 Å². The van der Waals surface area contributed by atoms with Crippen molar-refractivity contribution in [2.75, 3.05) is 0 Å². The summed E-state index contributed by atoms with van der Waals surface area (Å²) in [6.07, 6.45) is 0. The van der Waals surface area contributed by atoms with Gasteiger partial charge in [-0.25, -0.2) is 0 Å². The molecule has 0 saturated heterocycles. The second-order valence-electron chi connectivity index (χ2n) is 2.70. The molecule has 0 bridgehead atoms. The maximum Gasteiger partial charge on any atom is 0.0792 e. The average molecular weight is 203 g/mol. The highest BCUT2D eigenvalue weighted by Gasteiger charge is 2.09. The Labute approximate surface area is 69.2 Å². The Morgan fingerprint density at radius 3 is 2.30 bits per heavy atom. The van der Waals surface area contributed by atoms with E-state index in [4.69, 9.17) is 0 Å². The highest BCUT2D eigenvalue weighted by molar-refractivity contribution is 9.10. The number of rotatable bonds is 1. The molecule has 10 heavy (non-hydrogen) atoms. The van der Waals surface area contributed by atoms with Crippen LogP contribution in [0.4, 0.5) is 0 Å². The van der Waals surface area contributed by atoms with E-state index in [2.05, 4.69) is 40.0 Å². The van der Waals surface area contributed by atoms with Gasteiger partial charge < -0.3 is 0 Å². The second-order valence-corrected chi connectivity index (χ2v) is 3.50. The van der Waals surface area contributed by atoms with Gasteiger partial charge in [0.1, 0.15) is 0 Å². The summed E-state index contributed by atoms with van der Waals surface area (Å²) < 4.78 is 1.11. The van der Waals surface area contributed by atoms with Gasteiger partial charge in [-0.2, -0.15) is 5.10 Å². The van der Waals surface area contributed by atoms with Gasteiger partial charge in [-0.3, -0.25) is 5.10 Å². The standard InChI is InChI=1S/C7H11BrN2/c1-4(2)7-6(8)5(3)9-10-7/h4H,1-3H3,(H,9,10). The molecule has 1 aromatic heterocycles. The molecule has 1 N–H and O–H groups in total. The lowest BCUT2D eigenvalue weighted by molar-refractivity contribution is 0.806. The summed E-state index contributed by atoms with van der Waals surface area (Å²) in [4.78, 5) is 0. The van der Waals surface area contributed by atoms with Crippen LogP contribution in [-0.4, -0.2) is 10.2 Å². The van der Waals surface area contributed by atoms with Crippen molar-refractivity contribution in [1.29, 1.82) is 0 Å². The molecule has 56 valence electrons. The molecule has 3 heteroatoms. The van der Waals surface area contributed by atoms with Crippen molar-refractivity contribution < 1.29 is 0 Å². The molecule has 0 unspecified atom stereocenters. The van der Waals surface area contributed by atoms with Gasteiger partial charge in [-0.1, -0.05) is 13.8 Å². The molecule has 0 aliphatic rings. The van der Waals surface area contributed by atoms with Crippen LogP contribution in [0.25, 0.3) is 0 Å². The van der Waals surface area contributed by atoms with Crippen molar-refractivity contribution in [2.24, 2.45) is 0 Å². The van der Waals surface area contributed by atoms with E-state index in [1.54, 1.807) is 0 Å². The van der Waals surface area contributed by atoms with E-state index >= 15 is 0 Å². The largest absolute Gasteiger partial charge is 0.281 e. The van der Waals surface area contributed by atoms with Gasteiger partial charge in [0.2, 0.25) is 0 Å². The van der Waals surface area contributed by atoms with Crippen LogP contribution in [0.15, 0.2) is 4.47 Å². The van der Waals surface area contributed by atoms with Gasteiger partial charge in [0.15, 0.2) is 0 Å². The summed E-state index contributed by atoms with van der Waals surface area (Å²) in [5, 5.41) is 7.06. The molecule has 1 heterocycles. The number of aromatic amines is 1. The van der Waals surface area contributed by atoms with Crippen LogP contribution in [0.5, 0.6) is 0 Å². The zero-order chi connectivity index (χ0) is 7.72. The number of nitrogens with zero attached hydrogens (tertiary/aromatic N) is 1. The zero-order valence-corrected chi connectivity index (χ0v) is 7.99. The SMILES string of the molecule is Cc1[nH]nc(C(C)C)c1Br. The molecule has 1 aromatic rings. The van der Waals surface area contributed by atoms with Crippen molar-refractivity contribution in [3.8, 4) is 0 Å². The minimum Gasteiger partial charge on any atom is -0.281 e. The number of H-pyrrole nitrogens is 1. The second kappa shape index (κ2) is 2.74. The fourth-order valence-corrected chi connectivity index (χ4v) is 1.45. The Bertz CT molecular complexity index is 228. The molecule has 0 atom stereocenters. The molecular formula is C7H11BrN2. The predicted molar refractivity (Wildman–Crippen MR) is 45.1 cm³/mol. The Kier molecular flexibility index (Phi) is 2.14. The van der Waals surface area contributed by atoms with Crippen LogP contribution >= 0.6 is 15.9 Å². The fraction of sp³-hybridized carbons (Fsp3) is 0.571. The normalized spacial score (nSPS) is 10.9. The van der Waals surface area contributed by atoms with Gasteiger partial charge in [0, 0.05) is 5.69 Å². The van der Waals surface area contributed by atoms with Gasteiger partial charge in [0.25, 0.3) is 0 Å². The summed E-state index contributed by atoms with van der Waals surface area (Å²) in [5.74, 6) is 0.485. The zero-order valence-electron chi connectivity index (χ0n) is 6.40. The number of aryl methyl sites for hydroxylation is 1. The number of nitrogens with one attached hydrogen (secondary N) is 1. The van der Waals surface area contributed by atoms with E-state index in [0.717, 1.165) is 15.9 Å². The van der Waals surface area contributed by atoms with Gasteiger partial charge in [-0.15, -0.1) is 0 Å². The van der Waals surface area contributed by atoms with Crippen molar-refractivity contribution in [3.05, 3.63) is 15.9 Å². The molecule has 0 aliphatic carbocycles. The number of hydrogen-bond donors (Lipinski definition) is 1. The molecule has 0 amide bonds. The van der Waals surface area contributed by atoms with Crippen molar-refractivity contribution in [1.82, 2.24) is 10.2 Å². The predicted octanol–water partition coefficient (Wildman–Crippen LogP) is 2.60. The topological polar surface area (TPSA) is 28.7 Å². The first-order valence-electron chi connectivity index (χ1n) is 3.33. The van der Waals surface area contributed by atoms with Crippen molar-refractivity contribution in [3.63, 3.8) is 0 Å². The number of aromatic nitrogens is 2. The van der Waals surface area contributed by atoms with E-state index in [1.165, 1.54) is 0 Å². The van der Waals surface area contributed by atoms with Crippen LogP contribution in [0.3, 0.4) is 0 Å². The van der Waals surface area contributed by atoms with E-state index in [1.807, 2.05) is 6.92 Å². The first-order valence-corrected chi connectivity index (χ1v) is 4.12. The maximum absolute atomic E-state index is 4.14. The highest BCUT2D eigenvalue weighted by atomic mass is 79.9. The Morgan fingerprint density at radius 2 is 2.10 bits per heavy atom. The molecule has 0 aliphatic heterocycles. The van der Waals surface area contributed by atoms with E-state index in [-0.39, 0.29) is 0 Å². The number of halogens is 1. The van der Waals surface area contributed by atoms with Crippen LogP contribution in [0.1, 0.15) is 31.2 Å². The minimum atomic E-state index is 0.485. The van der Waals surface area contributed by atoms with E-state index in [0.29, 0.717) is 5.92 Å². The van der Waals surface area contributed by atoms with Crippen LogP contribution < -0.4 is 0 Å². The van der Waals surface area contributed by atoms with Crippen molar-refractivity contribution >= 4 is 15.9 Å². The summed E-state index contributed by atoms with van der Waals surface area (Å²) in [7, 11) is 0. The third-order valence-electron chi connectivity index (χ3n) is 1.45. The fourth-order valence-electron chi connectivity index (χ4n) is 0.817. The first-order chi connectivity index (χ1) is 4.63. The number of hydrogen-bond acceptors (Lipinski definition) is 1. The molecule has 0 aromatic carbocycles. The molecule has 0 fully saturated rings. The Balaban J connectivity index is 3.05. The molecule has 2 nitrogen and oxygen atoms in total. The quantitative estimate of drug-likeness (QED) is 0.746. The smallest absolute Gasteiger partial charge is 0.0792 e. The summed E-state index contributed by atoms with van der Waals surface area (Å²) >= 11 is 3.46. The minimum absolute atomic E-state index is 0.485. The Morgan fingerprint density at radius 1 is 1.50 bits per heavy atom. The van der Waals surface area contributed by atoms with Crippen LogP contribution in [0, 0.1) is 6.92 Å². The summed E-state index contributed by atoms with van der Waals surface area (Å²) in [6, 6.07) is 0. The van der Waals surface area contributed by atoms with Crippen LogP contribution in [-0.2, 0) is 0 Å². The lowest BCUT2D eigenvalue weighted by atomic mass is 10.1. The maximum atomic E-state index is 4.14. The van der Waals surface area contributed by atoms with Crippen LogP contribution in [0.2, 0.25) is 0 Å². The molecule has 1 rings (SSSR count). The van der Waals surface area contributed by atoms with E-state index in [9.17, 15) is 0 Å². The lowest BCUT2D eigenvalue weighted by Gasteiger charge is -1.98. The summed E-state index contributed by atoms with van der Waals surface area (Å²) in [6.45, 7) is 6.25. The third kappa shape index (κ3) is 1.24. The van der Waals surface area contributed by atoms with Gasteiger partial charge >= 0.3 is 0 Å².